The lowest BCUT2D eigenvalue weighted by molar-refractivity contribution is 0.0696. The van der Waals surface area contributed by atoms with Gasteiger partial charge < -0.3 is 5.11 Å². The molecule has 1 saturated heterocycles. The van der Waals surface area contributed by atoms with Crippen LogP contribution in [0.4, 0.5) is 4.39 Å². The SMILES string of the molecule is O=C(O)c1ccc(F)c(CN2CC[CH]CC2)c1. The molecule has 3 nitrogen and oxygen atoms in total. The molecule has 17 heavy (non-hydrogen) atoms. The van der Waals surface area contributed by atoms with Crippen molar-refractivity contribution in [2.75, 3.05) is 13.1 Å². The van der Waals surface area contributed by atoms with Crippen LogP contribution in [0.1, 0.15) is 28.8 Å². The number of benzene rings is 1. The highest BCUT2D eigenvalue weighted by Gasteiger charge is 2.14. The van der Waals surface area contributed by atoms with E-state index in [-0.39, 0.29) is 11.4 Å². The molecule has 1 radical (unpaired) electrons. The van der Waals surface area contributed by atoms with Gasteiger partial charge in [-0.25, -0.2) is 9.18 Å². The third-order valence-corrected chi connectivity index (χ3v) is 2.99. The first-order chi connectivity index (χ1) is 8.16. The molecule has 2 rings (SSSR count). The number of halogens is 1. The average Bonchev–Trinajstić information content (AvgIpc) is 2.33. The Hall–Kier alpha value is -1.42. The van der Waals surface area contributed by atoms with Gasteiger partial charge in [-0.05, 0) is 50.6 Å². The molecule has 0 amide bonds. The van der Waals surface area contributed by atoms with E-state index in [0.717, 1.165) is 25.9 Å². The van der Waals surface area contributed by atoms with Crippen LogP contribution in [0.25, 0.3) is 0 Å². The van der Waals surface area contributed by atoms with Crippen molar-refractivity contribution >= 4 is 5.97 Å². The highest BCUT2D eigenvalue weighted by molar-refractivity contribution is 5.87. The molecule has 1 N–H and O–H groups in total. The first-order valence-corrected chi connectivity index (χ1v) is 5.72. The van der Waals surface area contributed by atoms with Gasteiger partial charge in [0.1, 0.15) is 5.82 Å². The smallest absolute Gasteiger partial charge is 0.335 e. The molecular weight excluding hydrogens is 221 g/mol. The molecule has 0 unspecified atom stereocenters. The number of piperidine rings is 1. The maximum absolute atomic E-state index is 13.6. The van der Waals surface area contributed by atoms with Crippen LogP contribution in [-0.2, 0) is 6.54 Å². The van der Waals surface area contributed by atoms with E-state index < -0.39 is 5.97 Å². The number of carboxylic acid groups (broad SMARTS) is 1. The fraction of sp³-hybridized carbons (Fsp3) is 0.385. The van der Waals surface area contributed by atoms with Crippen LogP contribution in [0.2, 0.25) is 0 Å². The van der Waals surface area contributed by atoms with Gasteiger partial charge in [-0.3, -0.25) is 4.90 Å². The molecule has 1 heterocycles. The Balaban J connectivity index is 2.13. The second-order valence-corrected chi connectivity index (χ2v) is 4.25. The predicted octanol–water partition coefficient (Wildman–Crippen LogP) is 2.32. The second-order valence-electron chi connectivity index (χ2n) is 4.25. The van der Waals surface area contributed by atoms with Crippen LogP contribution in [0.15, 0.2) is 18.2 Å². The van der Waals surface area contributed by atoms with Crippen molar-refractivity contribution in [2.24, 2.45) is 0 Å². The summed E-state index contributed by atoms with van der Waals surface area (Å²) in [7, 11) is 0. The normalized spacial score (nSPS) is 17.0. The highest BCUT2D eigenvalue weighted by Crippen LogP contribution is 2.16. The van der Waals surface area contributed by atoms with E-state index in [4.69, 9.17) is 5.11 Å². The number of hydrogen-bond donors (Lipinski definition) is 1. The van der Waals surface area contributed by atoms with Gasteiger partial charge in [0.25, 0.3) is 0 Å². The van der Waals surface area contributed by atoms with Crippen molar-refractivity contribution in [1.82, 2.24) is 4.90 Å². The summed E-state index contributed by atoms with van der Waals surface area (Å²) in [5, 5.41) is 8.86. The van der Waals surface area contributed by atoms with Crippen LogP contribution >= 0.6 is 0 Å². The summed E-state index contributed by atoms with van der Waals surface area (Å²) in [5.74, 6) is -1.34. The van der Waals surface area contributed by atoms with Gasteiger partial charge in [-0.2, -0.15) is 0 Å². The van der Waals surface area contributed by atoms with Gasteiger partial charge in [0.2, 0.25) is 0 Å². The van der Waals surface area contributed by atoms with E-state index >= 15 is 0 Å². The van der Waals surface area contributed by atoms with Gasteiger partial charge in [-0.15, -0.1) is 0 Å². The van der Waals surface area contributed by atoms with Gasteiger partial charge in [0.05, 0.1) is 5.56 Å². The molecule has 4 heteroatoms. The quantitative estimate of drug-likeness (QED) is 0.875. The van der Waals surface area contributed by atoms with Crippen molar-refractivity contribution < 1.29 is 14.3 Å². The van der Waals surface area contributed by atoms with Crippen LogP contribution in [0, 0.1) is 12.2 Å². The first kappa shape index (κ1) is 12.0. The largest absolute Gasteiger partial charge is 0.478 e. The lowest BCUT2D eigenvalue weighted by Crippen LogP contribution is -2.29. The minimum Gasteiger partial charge on any atom is -0.478 e. The monoisotopic (exact) mass is 236 g/mol. The Kier molecular flexibility index (Phi) is 3.74. The number of likely N-dealkylation sites (tertiary alicyclic amines) is 1. The molecule has 0 saturated carbocycles. The molecule has 0 spiro atoms. The minimum atomic E-state index is -1.02. The van der Waals surface area contributed by atoms with Crippen LogP contribution in [0.3, 0.4) is 0 Å². The highest BCUT2D eigenvalue weighted by atomic mass is 19.1. The summed E-state index contributed by atoms with van der Waals surface area (Å²) in [6.45, 7) is 2.31. The summed E-state index contributed by atoms with van der Waals surface area (Å²) in [6.07, 6.45) is 4.25. The van der Waals surface area contributed by atoms with Crippen molar-refractivity contribution in [3.05, 3.63) is 41.6 Å². The molecule has 1 fully saturated rings. The second kappa shape index (κ2) is 5.27. The fourth-order valence-corrected chi connectivity index (χ4v) is 2.03. The van der Waals surface area contributed by atoms with E-state index in [0.29, 0.717) is 12.1 Å². The number of aromatic carboxylic acids is 1. The summed E-state index contributed by atoms with van der Waals surface area (Å²) >= 11 is 0. The Morgan fingerprint density at radius 3 is 2.71 bits per heavy atom. The molecule has 1 aliphatic heterocycles. The molecule has 1 aromatic rings. The predicted molar refractivity (Wildman–Crippen MR) is 62.2 cm³/mol. The van der Waals surface area contributed by atoms with Crippen molar-refractivity contribution in [3.63, 3.8) is 0 Å². The van der Waals surface area contributed by atoms with Crippen LogP contribution in [-0.4, -0.2) is 29.1 Å². The Labute approximate surface area is 99.9 Å². The molecule has 1 aliphatic rings. The van der Waals surface area contributed by atoms with Gasteiger partial charge in [0.15, 0.2) is 0 Å². The third-order valence-electron chi connectivity index (χ3n) is 2.99. The Bertz CT molecular complexity index is 414. The van der Waals surface area contributed by atoms with E-state index in [1.54, 1.807) is 0 Å². The summed E-state index contributed by atoms with van der Waals surface area (Å²) in [5.41, 5.74) is 0.608. The van der Waals surface area contributed by atoms with Gasteiger partial charge >= 0.3 is 5.97 Å². The van der Waals surface area contributed by atoms with Crippen molar-refractivity contribution in [2.45, 2.75) is 19.4 Å². The van der Waals surface area contributed by atoms with Crippen molar-refractivity contribution in [3.8, 4) is 0 Å². The lowest BCUT2D eigenvalue weighted by atomic mass is 10.1. The zero-order valence-corrected chi connectivity index (χ0v) is 9.53. The van der Waals surface area contributed by atoms with Gasteiger partial charge in [0, 0.05) is 12.1 Å². The Morgan fingerprint density at radius 1 is 1.35 bits per heavy atom. The maximum Gasteiger partial charge on any atom is 0.335 e. The lowest BCUT2D eigenvalue weighted by Gasteiger charge is -2.26. The Morgan fingerprint density at radius 2 is 2.06 bits per heavy atom. The standard InChI is InChI=1S/C13H15FNO2/c14-12-5-4-10(13(16)17)8-11(12)9-15-6-2-1-3-7-15/h1,4-5,8H,2-3,6-7,9H2,(H,16,17). The van der Waals surface area contributed by atoms with E-state index in [9.17, 15) is 9.18 Å². The molecular formula is C13H15FNO2. The molecule has 0 aromatic heterocycles. The number of carbonyl (C=O) groups is 1. The van der Waals surface area contributed by atoms with E-state index in [1.807, 2.05) is 0 Å². The van der Waals surface area contributed by atoms with Gasteiger partial charge in [-0.1, -0.05) is 0 Å². The van der Waals surface area contributed by atoms with Crippen molar-refractivity contribution in [1.29, 1.82) is 0 Å². The van der Waals surface area contributed by atoms with Crippen LogP contribution < -0.4 is 0 Å². The number of carboxylic acids is 1. The number of hydrogen-bond acceptors (Lipinski definition) is 2. The summed E-state index contributed by atoms with van der Waals surface area (Å²) in [4.78, 5) is 13.0. The fourth-order valence-electron chi connectivity index (χ4n) is 2.03. The zero-order chi connectivity index (χ0) is 12.3. The topological polar surface area (TPSA) is 40.5 Å². The van der Waals surface area contributed by atoms with Crippen LogP contribution in [0.5, 0.6) is 0 Å². The summed E-state index contributed by atoms with van der Waals surface area (Å²) < 4.78 is 13.6. The first-order valence-electron chi connectivity index (χ1n) is 5.72. The number of nitrogens with zero attached hydrogens (tertiary/aromatic N) is 1. The van der Waals surface area contributed by atoms with E-state index in [1.165, 1.54) is 18.2 Å². The third kappa shape index (κ3) is 3.03. The molecule has 0 bridgehead atoms. The minimum absolute atomic E-state index is 0.143. The molecule has 0 aliphatic carbocycles. The maximum atomic E-state index is 13.6. The average molecular weight is 236 g/mol. The zero-order valence-electron chi connectivity index (χ0n) is 9.53. The summed E-state index contributed by atoms with van der Waals surface area (Å²) in [6, 6.07) is 3.95. The molecule has 1 aromatic carbocycles. The molecule has 91 valence electrons. The molecule has 0 atom stereocenters. The van der Waals surface area contributed by atoms with E-state index in [2.05, 4.69) is 11.3 Å². The number of rotatable bonds is 3.